The maximum atomic E-state index is 13.2. The van der Waals surface area contributed by atoms with Gasteiger partial charge >= 0.3 is 11.7 Å². The Hall–Kier alpha value is -2.21. The third-order valence-corrected chi connectivity index (χ3v) is 4.97. The molecule has 0 saturated heterocycles. The van der Waals surface area contributed by atoms with Gasteiger partial charge in [-0.05, 0) is 37.6 Å². The van der Waals surface area contributed by atoms with Crippen molar-refractivity contribution in [2.24, 2.45) is 0 Å². The summed E-state index contributed by atoms with van der Waals surface area (Å²) in [7, 11) is 1.45. The first-order chi connectivity index (χ1) is 12.3. The lowest BCUT2D eigenvalue weighted by Gasteiger charge is -2.41. The molecule has 3 rings (SSSR count). The van der Waals surface area contributed by atoms with Gasteiger partial charge in [0.2, 0.25) is 0 Å². The second kappa shape index (κ2) is 6.83. The van der Waals surface area contributed by atoms with Crippen molar-refractivity contribution in [1.29, 1.82) is 0 Å². The van der Waals surface area contributed by atoms with Gasteiger partial charge in [0.05, 0.1) is 21.8 Å². The number of hydrogen-bond acceptors (Lipinski definition) is 3. The molecule has 2 aromatic carbocycles. The SMILES string of the molecule is CO[C@]1(C(=O)C(=O)Nc2ccccc2Cl)[NH2+]C(C)(C)Cc2ccccc21. The lowest BCUT2D eigenvalue weighted by Crippen LogP contribution is -3.07. The number of hydrogen-bond donors (Lipinski definition) is 2. The first-order valence-electron chi connectivity index (χ1n) is 8.40. The van der Waals surface area contributed by atoms with Gasteiger partial charge < -0.3 is 15.4 Å². The summed E-state index contributed by atoms with van der Waals surface area (Å²) in [6, 6.07) is 14.4. The van der Waals surface area contributed by atoms with Gasteiger partial charge in [0, 0.05) is 13.5 Å². The Bertz CT molecular complexity index is 866. The van der Waals surface area contributed by atoms with E-state index < -0.39 is 17.4 Å². The Morgan fingerprint density at radius 3 is 2.46 bits per heavy atom. The number of ether oxygens (including phenoxy) is 1. The second-order valence-electron chi connectivity index (χ2n) is 7.17. The molecule has 0 aromatic heterocycles. The highest BCUT2D eigenvalue weighted by Gasteiger charge is 2.55. The van der Waals surface area contributed by atoms with Crippen LogP contribution >= 0.6 is 11.6 Å². The molecule has 1 amide bonds. The fraction of sp³-hybridized carbons (Fsp3) is 0.300. The molecule has 1 atom stereocenters. The monoisotopic (exact) mass is 373 g/mol. The predicted octanol–water partition coefficient (Wildman–Crippen LogP) is 2.25. The van der Waals surface area contributed by atoms with Crippen molar-refractivity contribution in [1.82, 2.24) is 0 Å². The van der Waals surface area contributed by atoms with Crippen LogP contribution in [0.2, 0.25) is 5.02 Å². The predicted molar refractivity (Wildman–Crippen MR) is 99.9 cm³/mol. The highest BCUT2D eigenvalue weighted by molar-refractivity contribution is 6.44. The van der Waals surface area contributed by atoms with Crippen molar-refractivity contribution >= 4 is 29.0 Å². The Morgan fingerprint density at radius 1 is 1.12 bits per heavy atom. The summed E-state index contributed by atoms with van der Waals surface area (Å²) in [6.45, 7) is 4.05. The van der Waals surface area contributed by atoms with Crippen LogP contribution in [0.25, 0.3) is 0 Å². The van der Waals surface area contributed by atoms with Crippen molar-refractivity contribution in [2.45, 2.75) is 31.5 Å². The first kappa shape index (κ1) is 18.6. The van der Waals surface area contributed by atoms with Gasteiger partial charge in [-0.25, -0.2) is 0 Å². The minimum Gasteiger partial charge on any atom is -0.320 e. The normalized spacial score (nSPS) is 20.9. The van der Waals surface area contributed by atoms with E-state index in [0.717, 1.165) is 12.0 Å². The third-order valence-electron chi connectivity index (χ3n) is 4.65. The fourth-order valence-electron chi connectivity index (χ4n) is 3.57. The number of halogens is 1. The lowest BCUT2D eigenvalue weighted by molar-refractivity contribution is -0.816. The highest BCUT2D eigenvalue weighted by atomic mass is 35.5. The van der Waals surface area contributed by atoms with Gasteiger partial charge in [-0.15, -0.1) is 0 Å². The number of anilines is 1. The number of methoxy groups -OCH3 is 1. The van der Waals surface area contributed by atoms with E-state index in [-0.39, 0.29) is 5.54 Å². The van der Waals surface area contributed by atoms with E-state index in [0.29, 0.717) is 16.3 Å². The van der Waals surface area contributed by atoms with Crippen LogP contribution in [-0.4, -0.2) is 24.3 Å². The molecule has 0 radical (unpaired) electrons. The molecule has 0 unspecified atom stereocenters. The molecule has 1 aliphatic rings. The summed E-state index contributed by atoms with van der Waals surface area (Å²) >= 11 is 6.09. The van der Waals surface area contributed by atoms with Crippen LogP contribution in [0.1, 0.15) is 25.0 Å². The molecule has 3 N–H and O–H groups in total. The Morgan fingerprint density at radius 2 is 1.77 bits per heavy atom. The maximum absolute atomic E-state index is 13.2. The number of carbonyl (C=O) groups is 2. The Labute approximate surface area is 157 Å². The number of para-hydroxylation sites is 1. The molecule has 26 heavy (non-hydrogen) atoms. The largest absolute Gasteiger partial charge is 0.320 e. The van der Waals surface area contributed by atoms with Gasteiger partial charge in [-0.2, -0.15) is 0 Å². The van der Waals surface area contributed by atoms with Gasteiger partial charge in [-0.1, -0.05) is 41.9 Å². The molecule has 2 aromatic rings. The number of fused-ring (bicyclic) bond motifs is 1. The topological polar surface area (TPSA) is 72.0 Å². The highest BCUT2D eigenvalue weighted by Crippen LogP contribution is 2.31. The third kappa shape index (κ3) is 3.26. The lowest BCUT2D eigenvalue weighted by atomic mass is 9.80. The van der Waals surface area contributed by atoms with Gasteiger partial charge in [0.15, 0.2) is 0 Å². The van der Waals surface area contributed by atoms with Crippen molar-refractivity contribution < 1.29 is 19.6 Å². The minimum atomic E-state index is -1.43. The van der Waals surface area contributed by atoms with Crippen LogP contribution in [0.15, 0.2) is 48.5 Å². The smallest absolute Gasteiger partial charge is 0.314 e. The number of nitrogens with two attached hydrogens (primary N) is 1. The molecule has 5 nitrogen and oxygen atoms in total. The molecule has 0 saturated carbocycles. The summed E-state index contributed by atoms with van der Waals surface area (Å²) in [4.78, 5) is 25.9. The van der Waals surface area contributed by atoms with E-state index in [1.165, 1.54) is 7.11 Å². The zero-order valence-electron chi connectivity index (χ0n) is 15.0. The molecule has 0 fully saturated rings. The van der Waals surface area contributed by atoms with Crippen LogP contribution in [0, 0.1) is 0 Å². The van der Waals surface area contributed by atoms with Gasteiger partial charge in [0.1, 0.15) is 0 Å². The van der Waals surface area contributed by atoms with Crippen molar-refractivity contribution in [3.05, 3.63) is 64.7 Å². The number of benzene rings is 2. The standard InChI is InChI=1S/C20H21ClN2O3/c1-19(2)12-13-8-4-5-9-14(13)20(23-19,26-3)17(24)18(25)22-16-11-7-6-10-15(16)21/h4-11,23H,12H2,1-3H3,(H,22,25)/p+1/t20-/m1/s1. The van der Waals surface area contributed by atoms with E-state index in [9.17, 15) is 9.59 Å². The van der Waals surface area contributed by atoms with Crippen LogP contribution in [0.3, 0.4) is 0 Å². The van der Waals surface area contributed by atoms with E-state index in [1.807, 2.05) is 43.4 Å². The fourth-order valence-corrected chi connectivity index (χ4v) is 3.75. The number of carbonyl (C=O) groups excluding carboxylic acids is 2. The van der Waals surface area contributed by atoms with E-state index in [1.54, 1.807) is 24.3 Å². The van der Waals surface area contributed by atoms with Crippen LogP contribution in [0.4, 0.5) is 5.69 Å². The minimum absolute atomic E-state index is 0.301. The molecule has 0 spiro atoms. The zero-order chi connectivity index (χ0) is 18.9. The first-order valence-corrected chi connectivity index (χ1v) is 8.78. The maximum Gasteiger partial charge on any atom is 0.314 e. The summed E-state index contributed by atoms with van der Waals surface area (Å²) in [5.41, 5.74) is 0.373. The second-order valence-corrected chi connectivity index (χ2v) is 7.58. The molecule has 136 valence electrons. The zero-order valence-corrected chi connectivity index (χ0v) is 15.8. The summed E-state index contributed by atoms with van der Waals surface area (Å²) in [6.07, 6.45) is 0.772. The average Bonchev–Trinajstić information content (AvgIpc) is 2.61. The number of Topliss-reactive ketones (excluding diaryl/α,β-unsaturated/α-hetero) is 1. The molecule has 0 bridgehead atoms. The number of rotatable bonds is 4. The van der Waals surface area contributed by atoms with Crippen LogP contribution < -0.4 is 10.6 Å². The molecular formula is C20H22ClN2O3+. The van der Waals surface area contributed by atoms with Crippen molar-refractivity contribution in [3.8, 4) is 0 Å². The molecular weight excluding hydrogens is 352 g/mol. The van der Waals surface area contributed by atoms with Crippen LogP contribution in [-0.2, 0) is 26.5 Å². The van der Waals surface area contributed by atoms with Crippen molar-refractivity contribution in [3.63, 3.8) is 0 Å². The van der Waals surface area contributed by atoms with Gasteiger partial charge in [0.25, 0.3) is 5.72 Å². The molecule has 1 heterocycles. The summed E-state index contributed by atoms with van der Waals surface area (Å²) < 4.78 is 5.69. The number of quaternary nitrogens is 1. The van der Waals surface area contributed by atoms with Crippen LogP contribution in [0.5, 0.6) is 0 Å². The Kier molecular flexibility index (Phi) is 4.88. The number of ketones is 1. The van der Waals surface area contributed by atoms with E-state index in [2.05, 4.69) is 5.32 Å². The molecule has 6 heteroatoms. The summed E-state index contributed by atoms with van der Waals surface area (Å²) in [5.74, 6) is -1.43. The van der Waals surface area contributed by atoms with E-state index in [4.69, 9.17) is 16.3 Å². The number of nitrogens with one attached hydrogen (secondary N) is 1. The van der Waals surface area contributed by atoms with Gasteiger partial charge in [-0.3, -0.25) is 9.59 Å². The summed E-state index contributed by atoms with van der Waals surface area (Å²) in [5, 5.41) is 4.80. The quantitative estimate of drug-likeness (QED) is 0.807. The average molecular weight is 374 g/mol. The molecule has 1 aliphatic heterocycles. The molecule has 0 aliphatic carbocycles. The number of amides is 1. The van der Waals surface area contributed by atoms with Crippen molar-refractivity contribution in [2.75, 3.05) is 12.4 Å². The van der Waals surface area contributed by atoms with E-state index >= 15 is 0 Å². The Balaban J connectivity index is 2.00.